The molecular formula is C15H18N4OS. The van der Waals surface area contributed by atoms with E-state index in [-0.39, 0.29) is 17.9 Å². The monoisotopic (exact) mass is 302 g/mol. The first-order chi connectivity index (χ1) is 10.1. The molecule has 6 heteroatoms. The molecule has 0 aliphatic rings. The summed E-state index contributed by atoms with van der Waals surface area (Å²) < 4.78 is 4.57. The minimum absolute atomic E-state index is 0.0331. The van der Waals surface area contributed by atoms with Crippen molar-refractivity contribution in [3.8, 4) is 0 Å². The Balaban J connectivity index is 2.07. The van der Waals surface area contributed by atoms with E-state index < -0.39 is 0 Å². The lowest BCUT2D eigenvalue weighted by Gasteiger charge is -2.12. The van der Waals surface area contributed by atoms with Crippen LogP contribution in [0.1, 0.15) is 11.3 Å². The van der Waals surface area contributed by atoms with Crippen LogP contribution in [-0.2, 0) is 12.3 Å². The third-order valence-corrected chi connectivity index (χ3v) is 3.83. The molecule has 2 rings (SSSR count). The number of aromatic nitrogens is 1. The molecule has 0 spiro atoms. The van der Waals surface area contributed by atoms with Crippen molar-refractivity contribution in [1.82, 2.24) is 4.57 Å². The van der Waals surface area contributed by atoms with E-state index in [0.717, 1.165) is 11.4 Å². The lowest BCUT2D eigenvalue weighted by atomic mass is 10.2. The number of aryl methyl sites for hydroxylation is 1. The molecule has 1 heterocycles. The molecule has 1 aromatic carbocycles. The van der Waals surface area contributed by atoms with Gasteiger partial charge >= 0.3 is 0 Å². The average molecular weight is 302 g/mol. The zero-order valence-electron chi connectivity index (χ0n) is 11.8. The highest BCUT2D eigenvalue weighted by Gasteiger charge is 2.07. The summed E-state index contributed by atoms with van der Waals surface area (Å²) in [7, 11) is 0. The van der Waals surface area contributed by atoms with Gasteiger partial charge in [-0.05, 0) is 36.6 Å². The smallest absolute Gasteiger partial charge is 0.275 e. The Kier molecular flexibility index (Phi) is 5.05. The Labute approximate surface area is 127 Å². The predicted molar refractivity (Wildman–Crippen MR) is 88.7 cm³/mol. The second-order valence-electron chi connectivity index (χ2n) is 4.68. The van der Waals surface area contributed by atoms with Gasteiger partial charge in [-0.15, -0.1) is 0 Å². The Hall–Kier alpha value is -2.21. The fraction of sp³-hybridized carbons (Fsp3) is 0.200. The van der Waals surface area contributed by atoms with E-state index in [4.69, 9.17) is 11.1 Å². The number of pyridine rings is 1. The largest absolute Gasteiger partial charge is 0.386 e. The van der Waals surface area contributed by atoms with Gasteiger partial charge < -0.3 is 15.0 Å². The van der Waals surface area contributed by atoms with Crippen LogP contribution in [-0.4, -0.2) is 10.4 Å². The van der Waals surface area contributed by atoms with Crippen molar-refractivity contribution in [2.75, 3.05) is 4.72 Å². The molecule has 0 aliphatic heterocycles. The van der Waals surface area contributed by atoms with Gasteiger partial charge in [-0.1, -0.05) is 30.3 Å². The van der Waals surface area contributed by atoms with Crippen LogP contribution in [0.25, 0.3) is 0 Å². The second kappa shape index (κ2) is 6.99. The maximum Gasteiger partial charge on any atom is 0.275 e. The van der Waals surface area contributed by atoms with E-state index in [9.17, 15) is 4.79 Å². The molecule has 0 saturated heterocycles. The standard InChI is InChI=1S/C15H18N4OS/c1-11-7-8-13(15(20)19(11)9-14(16)17)18-21-10-12-5-3-2-4-6-12/h2-8,18H,9-10H2,1H3,(H3,16,17). The molecule has 0 radical (unpaired) electrons. The second-order valence-corrected chi connectivity index (χ2v) is 5.46. The van der Waals surface area contributed by atoms with Gasteiger partial charge in [0.2, 0.25) is 0 Å². The van der Waals surface area contributed by atoms with Crippen molar-refractivity contribution in [3.05, 3.63) is 64.1 Å². The number of rotatable bonds is 6. The van der Waals surface area contributed by atoms with Crippen molar-refractivity contribution in [2.45, 2.75) is 19.2 Å². The van der Waals surface area contributed by atoms with Gasteiger partial charge in [0.25, 0.3) is 5.56 Å². The SMILES string of the molecule is Cc1ccc(NSCc2ccccc2)c(=O)n1CC(=N)N. The third-order valence-electron chi connectivity index (χ3n) is 2.98. The first-order valence-electron chi connectivity index (χ1n) is 6.53. The van der Waals surface area contributed by atoms with Gasteiger partial charge in [-0.3, -0.25) is 10.2 Å². The first-order valence-corrected chi connectivity index (χ1v) is 7.51. The maximum atomic E-state index is 12.3. The Morgan fingerprint density at radius 1 is 1.29 bits per heavy atom. The van der Waals surface area contributed by atoms with Crippen LogP contribution < -0.4 is 16.0 Å². The van der Waals surface area contributed by atoms with Gasteiger partial charge in [0.05, 0.1) is 6.54 Å². The van der Waals surface area contributed by atoms with Crippen LogP contribution in [0.3, 0.4) is 0 Å². The summed E-state index contributed by atoms with van der Waals surface area (Å²) in [4.78, 5) is 12.3. The summed E-state index contributed by atoms with van der Waals surface area (Å²) in [5.41, 5.74) is 7.70. The van der Waals surface area contributed by atoms with Crippen LogP contribution in [0.15, 0.2) is 47.3 Å². The first kappa shape index (κ1) is 15.2. The van der Waals surface area contributed by atoms with E-state index >= 15 is 0 Å². The number of hydrogen-bond acceptors (Lipinski definition) is 4. The average Bonchev–Trinajstić information content (AvgIpc) is 2.47. The molecule has 21 heavy (non-hydrogen) atoms. The van der Waals surface area contributed by atoms with Gasteiger partial charge in [0, 0.05) is 11.4 Å². The summed E-state index contributed by atoms with van der Waals surface area (Å²) in [6, 6.07) is 13.6. The minimum atomic E-state index is -0.161. The molecule has 1 aromatic heterocycles. The number of nitrogens with two attached hydrogens (primary N) is 1. The van der Waals surface area contributed by atoms with E-state index in [1.807, 2.05) is 43.3 Å². The molecule has 0 aliphatic carbocycles. The highest BCUT2D eigenvalue weighted by Crippen LogP contribution is 2.14. The lowest BCUT2D eigenvalue weighted by Crippen LogP contribution is -2.30. The highest BCUT2D eigenvalue weighted by molar-refractivity contribution is 7.99. The van der Waals surface area contributed by atoms with Crippen LogP contribution in [0.2, 0.25) is 0 Å². The van der Waals surface area contributed by atoms with E-state index in [1.165, 1.54) is 22.1 Å². The van der Waals surface area contributed by atoms with Crippen LogP contribution in [0.5, 0.6) is 0 Å². The number of benzene rings is 1. The number of nitrogens with one attached hydrogen (secondary N) is 2. The zero-order valence-corrected chi connectivity index (χ0v) is 12.6. The van der Waals surface area contributed by atoms with Crippen molar-refractivity contribution in [2.24, 2.45) is 5.73 Å². The van der Waals surface area contributed by atoms with Gasteiger partial charge in [-0.2, -0.15) is 0 Å². The molecule has 0 amide bonds. The summed E-state index contributed by atoms with van der Waals surface area (Å²) in [6.07, 6.45) is 0. The van der Waals surface area contributed by atoms with Crippen LogP contribution >= 0.6 is 11.9 Å². The molecule has 0 bridgehead atoms. The van der Waals surface area contributed by atoms with Crippen molar-refractivity contribution >= 4 is 23.5 Å². The number of hydrogen-bond donors (Lipinski definition) is 3. The maximum absolute atomic E-state index is 12.3. The molecule has 4 N–H and O–H groups in total. The zero-order chi connectivity index (χ0) is 15.2. The van der Waals surface area contributed by atoms with E-state index in [1.54, 1.807) is 6.07 Å². The minimum Gasteiger partial charge on any atom is -0.386 e. The van der Waals surface area contributed by atoms with E-state index in [0.29, 0.717) is 5.69 Å². The Morgan fingerprint density at radius 2 is 2.00 bits per heavy atom. The van der Waals surface area contributed by atoms with E-state index in [2.05, 4.69) is 4.72 Å². The van der Waals surface area contributed by atoms with Crippen LogP contribution in [0, 0.1) is 12.3 Å². The van der Waals surface area contributed by atoms with Crippen LogP contribution in [0.4, 0.5) is 5.69 Å². The van der Waals surface area contributed by atoms with Gasteiger partial charge in [-0.25, -0.2) is 0 Å². The normalized spacial score (nSPS) is 10.3. The predicted octanol–water partition coefficient (Wildman–Crippen LogP) is 2.35. The summed E-state index contributed by atoms with van der Waals surface area (Å²) in [6.45, 7) is 1.94. The molecule has 0 atom stereocenters. The fourth-order valence-corrected chi connectivity index (χ4v) is 2.63. The number of anilines is 1. The quantitative estimate of drug-likeness (QED) is 0.434. The Bertz CT molecular complexity index is 682. The summed E-state index contributed by atoms with van der Waals surface area (Å²) in [5, 5.41) is 7.34. The topological polar surface area (TPSA) is 83.9 Å². The molecular weight excluding hydrogens is 284 g/mol. The molecule has 0 saturated carbocycles. The summed E-state index contributed by atoms with van der Waals surface area (Å²) >= 11 is 1.46. The fourth-order valence-electron chi connectivity index (χ4n) is 1.89. The Morgan fingerprint density at radius 3 is 2.67 bits per heavy atom. The molecule has 2 aromatic rings. The van der Waals surface area contributed by atoms with Crippen molar-refractivity contribution in [1.29, 1.82) is 5.41 Å². The molecule has 0 unspecified atom stereocenters. The molecule has 5 nitrogen and oxygen atoms in total. The van der Waals surface area contributed by atoms with Gasteiger partial charge in [0.1, 0.15) is 11.5 Å². The number of nitrogens with zero attached hydrogens (tertiary/aromatic N) is 1. The number of amidine groups is 1. The van der Waals surface area contributed by atoms with Crippen molar-refractivity contribution < 1.29 is 0 Å². The molecule has 0 fully saturated rings. The van der Waals surface area contributed by atoms with Gasteiger partial charge in [0.15, 0.2) is 0 Å². The molecule has 110 valence electrons. The van der Waals surface area contributed by atoms with Crippen molar-refractivity contribution in [3.63, 3.8) is 0 Å². The third kappa shape index (κ3) is 4.13. The highest BCUT2D eigenvalue weighted by atomic mass is 32.2. The lowest BCUT2D eigenvalue weighted by molar-refractivity contribution is 0.767. The summed E-state index contributed by atoms with van der Waals surface area (Å²) in [5.74, 6) is 0.732.